The first-order valence-electron chi connectivity index (χ1n) is 7.44. The third-order valence-corrected chi connectivity index (χ3v) is 5.73. The van der Waals surface area contributed by atoms with E-state index in [1.165, 1.54) is 27.0 Å². The first kappa shape index (κ1) is 14.9. The maximum Gasteiger partial charge on any atom is 0.0812 e. The van der Waals surface area contributed by atoms with E-state index in [1.54, 1.807) is 0 Å². The maximum absolute atomic E-state index is 10.4. The third kappa shape index (κ3) is 2.58. The Hall–Kier alpha value is -1.06. The molecule has 0 bridgehead atoms. The van der Waals surface area contributed by atoms with Crippen molar-refractivity contribution >= 4 is 15.9 Å². The Morgan fingerprint density at radius 3 is 2.48 bits per heavy atom. The van der Waals surface area contributed by atoms with Gasteiger partial charge >= 0.3 is 0 Å². The lowest BCUT2D eigenvalue weighted by Crippen LogP contribution is -2.26. The minimum Gasteiger partial charge on any atom is -0.388 e. The summed E-state index contributed by atoms with van der Waals surface area (Å²) in [4.78, 5) is 0. The van der Waals surface area contributed by atoms with Crippen LogP contribution in [0.1, 0.15) is 48.8 Å². The molecule has 1 aromatic carbocycles. The molecular weight excluding hydrogens is 326 g/mol. The normalized spacial score (nSPS) is 20.4. The SMILES string of the molecule is Cc1cc(-n2ccc3c2CC(C)(C)CC3O)cc(C)c1Br. The van der Waals surface area contributed by atoms with E-state index < -0.39 is 0 Å². The molecule has 1 unspecified atom stereocenters. The molecule has 1 heterocycles. The third-order valence-electron chi connectivity index (χ3n) is 4.48. The smallest absolute Gasteiger partial charge is 0.0812 e. The molecule has 0 fully saturated rings. The Kier molecular flexibility index (Phi) is 3.53. The van der Waals surface area contributed by atoms with Gasteiger partial charge in [-0.25, -0.2) is 0 Å². The number of benzene rings is 1. The largest absolute Gasteiger partial charge is 0.388 e. The lowest BCUT2D eigenvalue weighted by atomic mass is 9.75. The molecule has 1 aliphatic carbocycles. The van der Waals surface area contributed by atoms with Crippen LogP contribution in [0.25, 0.3) is 5.69 Å². The van der Waals surface area contributed by atoms with Gasteiger partial charge in [0.1, 0.15) is 0 Å². The summed E-state index contributed by atoms with van der Waals surface area (Å²) >= 11 is 3.63. The zero-order valence-corrected chi connectivity index (χ0v) is 14.7. The van der Waals surface area contributed by atoms with Crippen LogP contribution in [0.5, 0.6) is 0 Å². The quantitative estimate of drug-likeness (QED) is 0.782. The monoisotopic (exact) mass is 347 g/mol. The van der Waals surface area contributed by atoms with E-state index in [1.807, 2.05) is 0 Å². The van der Waals surface area contributed by atoms with Crippen molar-refractivity contribution in [2.75, 3.05) is 0 Å². The molecule has 1 atom stereocenters. The van der Waals surface area contributed by atoms with Crippen LogP contribution in [-0.4, -0.2) is 9.67 Å². The lowest BCUT2D eigenvalue weighted by Gasteiger charge is -2.34. The highest BCUT2D eigenvalue weighted by Crippen LogP contribution is 2.42. The van der Waals surface area contributed by atoms with Crippen LogP contribution >= 0.6 is 15.9 Å². The summed E-state index contributed by atoms with van der Waals surface area (Å²) in [5.74, 6) is 0. The zero-order chi connectivity index (χ0) is 15.4. The van der Waals surface area contributed by atoms with Crippen molar-refractivity contribution in [1.82, 2.24) is 4.57 Å². The average molecular weight is 348 g/mol. The minimum absolute atomic E-state index is 0.141. The number of aliphatic hydroxyl groups is 1. The number of nitrogens with zero attached hydrogens (tertiary/aromatic N) is 1. The Balaban J connectivity index is 2.14. The number of hydrogen-bond donors (Lipinski definition) is 1. The van der Waals surface area contributed by atoms with Gasteiger partial charge in [0.15, 0.2) is 0 Å². The van der Waals surface area contributed by atoms with Gasteiger partial charge < -0.3 is 9.67 Å². The number of aryl methyl sites for hydroxylation is 2. The van der Waals surface area contributed by atoms with Crippen LogP contribution in [0, 0.1) is 19.3 Å². The van der Waals surface area contributed by atoms with E-state index in [9.17, 15) is 5.11 Å². The molecule has 0 spiro atoms. The van der Waals surface area contributed by atoms with E-state index in [4.69, 9.17) is 0 Å². The van der Waals surface area contributed by atoms with E-state index in [-0.39, 0.29) is 11.5 Å². The fourth-order valence-electron chi connectivity index (χ4n) is 3.43. The zero-order valence-electron chi connectivity index (χ0n) is 13.1. The Morgan fingerprint density at radius 2 is 1.86 bits per heavy atom. The van der Waals surface area contributed by atoms with Crippen LogP contribution in [-0.2, 0) is 6.42 Å². The van der Waals surface area contributed by atoms with Gasteiger partial charge in [0.05, 0.1) is 6.10 Å². The molecule has 0 aliphatic heterocycles. The summed E-state index contributed by atoms with van der Waals surface area (Å²) in [5.41, 5.74) is 6.14. The minimum atomic E-state index is -0.345. The van der Waals surface area contributed by atoms with Gasteiger partial charge in [0.25, 0.3) is 0 Å². The van der Waals surface area contributed by atoms with Gasteiger partial charge in [-0.2, -0.15) is 0 Å². The summed E-state index contributed by atoms with van der Waals surface area (Å²) in [5, 5.41) is 10.4. The van der Waals surface area contributed by atoms with E-state index >= 15 is 0 Å². The highest BCUT2D eigenvalue weighted by molar-refractivity contribution is 9.10. The molecule has 112 valence electrons. The van der Waals surface area contributed by atoms with Crippen molar-refractivity contribution in [3.8, 4) is 5.69 Å². The second kappa shape index (κ2) is 4.99. The molecule has 0 amide bonds. The van der Waals surface area contributed by atoms with Crippen LogP contribution < -0.4 is 0 Å². The van der Waals surface area contributed by atoms with Crippen molar-refractivity contribution in [3.63, 3.8) is 0 Å². The molecule has 1 aliphatic rings. The summed E-state index contributed by atoms with van der Waals surface area (Å²) < 4.78 is 3.42. The molecule has 1 N–H and O–H groups in total. The lowest BCUT2D eigenvalue weighted by molar-refractivity contribution is 0.0987. The molecule has 21 heavy (non-hydrogen) atoms. The molecular formula is C18H22BrNO. The molecule has 0 saturated heterocycles. The number of aromatic nitrogens is 1. The summed E-state index contributed by atoms with van der Waals surface area (Å²) in [6.45, 7) is 8.70. The topological polar surface area (TPSA) is 25.2 Å². The number of aliphatic hydroxyl groups excluding tert-OH is 1. The molecule has 0 radical (unpaired) electrons. The Labute approximate surface area is 134 Å². The molecule has 0 saturated carbocycles. The molecule has 3 heteroatoms. The second-order valence-corrected chi connectivity index (χ2v) is 7.84. The first-order chi connectivity index (χ1) is 9.78. The first-order valence-corrected chi connectivity index (χ1v) is 8.23. The maximum atomic E-state index is 10.4. The molecule has 2 nitrogen and oxygen atoms in total. The predicted molar refractivity (Wildman–Crippen MR) is 90.0 cm³/mol. The molecule has 1 aromatic heterocycles. The molecule has 2 aromatic rings. The van der Waals surface area contributed by atoms with Crippen molar-refractivity contribution in [2.24, 2.45) is 5.41 Å². The number of halogens is 1. The summed E-state index contributed by atoms with van der Waals surface area (Å²) in [6.07, 6.45) is 3.59. The highest BCUT2D eigenvalue weighted by Gasteiger charge is 2.33. The van der Waals surface area contributed by atoms with Gasteiger partial charge in [-0.05, 0) is 61.4 Å². The van der Waals surface area contributed by atoms with Crippen LogP contribution in [0.3, 0.4) is 0 Å². The van der Waals surface area contributed by atoms with Crippen molar-refractivity contribution in [2.45, 2.75) is 46.6 Å². The van der Waals surface area contributed by atoms with Crippen molar-refractivity contribution in [1.29, 1.82) is 0 Å². The van der Waals surface area contributed by atoms with Gasteiger partial charge in [-0.15, -0.1) is 0 Å². The van der Waals surface area contributed by atoms with Gasteiger partial charge in [-0.3, -0.25) is 0 Å². The molecule has 3 rings (SSSR count). The van der Waals surface area contributed by atoms with Crippen LogP contribution in [0.4, 0.5) is 0 Å². The van der Waals surface area contributed by atoms with Crippen molar-refractivity contribution < 1.29 is 5.11 Å². The van der Waals surface area contributed by atoms with Crippen LogP contribution in [0.2, 0.25) is 0 Å². The fourth-order valence-corrected chi connectivity index (χ4v) is 3.66. The van der Waals surface area contributed by atoms with Gasteiger partial charge in [0, 0.05) is 27.6 Å². The average Bonchev–Trinajstić information content (AvgIpc) is 2.77. The van der Waals surface area contributed by atoms with Gasteiger partial charge in [-0.1, -0.05) is 29.8 Å². The van der Waals surface area contributed by atoms with Crippen molar-refractivity contribution in [3.05, 3.63) is 51.3 Å². The number of rotatable bonds is 1. The summed E-state index contributed by atoms with van der Waals surface area (Å²) in [6, 6.07) is 6.47. The van der Waals surface area contributed by atoms with Gasteiger partial charge in [0.2, 0.25) is 0 Å². The fraction of sp³-hybridized carbons (Fsp3) is 0.444. The van der Waals surface area contributed by atoms with E-state index in [0.29, 0.717) is 0 Å². The van der Waals surface area contributed by atoms with Crippen LogP contribution in [0.15, 0.2) is 28.9 Å². The Bertz CT molecular complexity index is 676. The second-order valence-electron chi connectivity index (χ2n) is 7.04. The predicted octanol–water partition coefficient (Wildman–Crippen LogP) is 4.86. The van der Waals surface area contributed by atoms with E-state index in [0.717, 1.165) is 18.4 Å². The number of fused-ring (bicyclic) bond motifs is 1. The number of hydrogen-bond acceptors (Lipinski definition) is 1. The summed E-state index contributed by atoms with van der Waals surface area (Å²) in [7, 11) is 0. The van der Waals surface area contributed by atoms with E-state index in [2.05, 4.69) is 72.6 Å². The standard InChI is InChI=1S/C18H22BrNO/c1-11-7-13(8-12(2)17(11)19)20-6-5-14-15(20)9-18(3,4)10-16(14)21/h5-8,16,21H,9-10H2,1-4H3. The Morgan fingerprint density at radius 1 is 1.24 bits per heavy atom. The highest BCUT2D eigenvalue weighted by atomic mass is 79.9.